The summed E-state index contributed by atoms with van der Waals surface area (Å²) in [6, 6.07) is 7.66. The van der Waals surface area contributed by atoms with Crippen LogP contribution in [0.4, 0.5) is 0 Å². The number of benzene rings is 1. The minimum absolute atomic E-state index is 0.756. The molecule has 1 rings (SSSR count). The van der Waals surface area contributed by atoms with Crippen LogP contribution in [0, 0.1) is 0 Å². The molecule has 1 amide bonds. The van der Waals surface area contributed by atoms with Crippen molar-refractivity contribution in [3.63, 3.8) is 0 Å². The smallest absolute Gasteiger partial charge is 0.213 e. The Bertz CT molecular complexity index is 370. The van der Waals surface area contributed by atoms with Gasteiger partial charge in [0.25, 0.3) is 0 Å². The van der Waals surface area contributed by atoms with Crippen molar-refractivity contribution in [2.45, 2.75) is 0 Å². The number of amides is 1. The minimum Gasteiger partial charge on any atom is -0.324 e. The predicted molar refractivity (Wildman–Crippen MR) is 49.5 cm³/mol. The molecule has 0 radical (unpaired) electrons. The highest BCUT2D eigenvalue weighted by Gasteiger charge is 1.85. The van der Waals surface area contributed by atoms with E-state index in [9.17, 15) is 4.79 Å². The third kappa shape index (κ3) is 1.95. The van der Waals surface area contributed by atoms with Gasteiger partial charge in [0.05, 0.1) is 0 Å². The lowest BCUT2D eigenvalue weighted by molar-refractivity contribution is -0.114. The van der Waals surface area contributed by atoms with Crippen LogP contribution in [0.2, 0.25) is 0 Å². The number of hydrogen-bond donors (Lipinski definition) is 0. The van der Waals surface area contributed by atoms with E-state index in [-0.39, 0.29) is 0 Å². The largest absolute Gasteiger partial charge is 0.324 e. The Morgan fingerprint density at radius 2 is 2.08 bits per heavy atom. The topological polar surface area (TPSA) is 20.3 Å². The van der Waals surface area contributed by atoms with Crippen molar-refractivity contribution >= 4 is 19.2 Å². The zero-order chi connectivity index (χ0) is 8.97. The third-order valence-corrected chi connectivity index (χ3v) is 1.56. The third-order valence-electron chi connectivity index (χ3n) is 1.56. The molecule has 0 spiro atoms. The van der Waals surface area contributed by atoms with Crippen molar-refractivity contribution in [3.05, 3.63) is 34.7 Å². The van der Waals surface area contributed by atoms with E-state index < -0.39 is 0 Å². The van der Waals surface area contributed by atoms with Gasteiger partial charge in [0, 0.05) is 13.2 Å². The van der Waals surface area contributed by atoms with Gasteiger partial charge in [-0.15, -0.1) is 0 Å². The van der Waals surface area contributed by atoms with Crippen LogP contribution in [0.25, 0.3) is 12.8 Å². The number of carbonyl (C=O) groups excluding carboxylic acids is 1. The van der Waals surface area contributed by atoms with Gasteiger partial charge in [-0.1, -0.05) is 30.8 Å². The summed E-state index contributed by atoms with van der Waals surface area (Å²) in [5, 5.41) is 1.89. The molecule has 0 aliphatic carbocycles. The van der Waals surface area contributed by atoms with Gasteiger partial charge in [-0.2, -0.15) is 0 Å². The number of nitrogens with zero attached hydrogens (tertiary/aromatic N) is 1. The standard InChI is InChI=1S/C10H11NO/c1-9-5-3-4-6-10(9)7-11(2)8-12/h3-8H,1H2,2H3/b10-7+. The molecule has 1 aromatic carbocycles. The second-order valence-corrected chi connectivity index (χ2v) is 2.60. The lowest BCUT2D eigenvalue weighted by Gasteiger charge is -2.00. The molecule has 0 saturated heterocycles. The van der Waals surface area contributed by atoms with Gasteiger partial charge in [0.15, 0.2) is 0 Å². The first kappa shape index (κ1) is 8.53. The monoisotopic (exact) mass is 161 g/mol. The predicted octanol–water partition coefficient (Wildman–Crippen LogP) is -0.0769. The lowest BCUT2D eigenvalue weighted by Crippen LogP contribution is -2.25. The summed E-state index contributed by atoms with van der Waals surface area (Å²) in [4.78, 5) is 11.8. The molecular formula is C10H11NO. The van der Waals surface area contributed by atoms with Crippen molar-refractivity contribution in [3.8, 4) is 0 Å². The van der Waals surface area contributed by atoms with Gasteiger partial charge in [-0.05, 0) is 10.4 Å². The molecule has 0 unspecified atom stereocenters. The molecule has 1 aromatic rings. The summed E-state index contributed by atoms with van der Waals surface area (Å²) in [6.45, 7) is 3.83. The van der Waals surface area contributed by atoms with Crippen LogP contribution < -0.4 is 10.4 Å². The van der Waals surface area contributed by atoms with Gasteiger partial charge in [-0.3, -0.25) is 4.79 Å². The second kappa shape index (κ2) is 3.72. The Balaban J connectivity index is 3.19. The Hall–Kier alpha value is -1.57. The summed E-state index contributed by atoms with van der Waals surface area (Å²) in [7, 11) is 1.69. The average molecular weight is 161 g/mol. The summed E-state index contributed by atoms with van der Waals surface area (Å²) in [6.07, 6.45) is 2.50. The molecule has 62 valence electrons. The normalized spacial score (nSPS) is 11.2. The van der Waals surface area contributed by atoms with Crippen LogP contribution in [-0.4, -0.2) is 18.4 Å². The van der Waals surface area contributed by atoms with Crippen molar-refractivity contribution in [1.29, 1.82) is 0 Å². The van der Waals surface area contributed by atoms with Crippen molar-refractivity contribution < 1.29 is 4.79 Å². The van der Waals surface area contributed by atoms with E-state index in [1.54, 1.807) is 13.2 Å². The fraction of sp³-hybridized carbons (Fsp3) is 0.100. The average Bonchev–Trinajstić information content (AvgIpc) is 2.09. The van der Waals surface area contributed by atoms with Gasteiger partial charge in [-0.25, -0.2) is 0 Å². The summed E-state index contributed by atoms with van der Waals surface area (Å²) >= 11 is 0. The van der Waals surface area contributed by atoms with Gasteiger partial charge in [0.1, 0.15) is 0 Å². The Morgan fingerprint density at radius 1 is 1.42 bits per heavy atom. The van der Waals surface area contributed by atoms with Crippen LogP contribution in [0.5, 0.6) is 0 Å². The van der Waals surface area contributed by atoms with E-state index in [1.807, 2.05) is 24.3 Å². The lowest BCUT2D eigenvalue weighted by atomic mass is 10.2. The van der Waals surface area contributed by atoms with E-state index in [4.69, 9.17) is 0 Å². The highest BCUT2D eigenvalue weighted by atomic mass is 16.1. The highest BCUT2D eigenvalue weighted by Crippen LogP contribution is 1.75. The molecule has 0 bridgehead atoms. The first-order valence-electron chi connectivity index (χ1n) is 3.67. The van der Waals surface area contributed by atoms with Gasteiger partial charge in [0.2, 0.25) is 6.41 Å². The van der Waals surface area contributed by atoms with Gasteiger partial charge >= 0.3 is 0 Å². The molecule has 0 fully saturated rings. The SMILES string of the molecule is C=c1cccc/c1=C\N(C)C=O. The van der Waals surface area contributed by atoms with Crippen LogP contribution >= 0.6 is 0 Å². The van der Waals surface area contributed by atoms with E-state index >= 15 is 0 Å². The molecule has 0 aliphatic rings. The first-order valence-corrected chi connectivity index (χ1v) is 3.67. The second-order valence-electron chi connectivity index (χ2n) is 2.60. The van der Waals surface area contributed by atoms with Crippen LogP contribution in [0.1, 0.15) is 0 Å². The van der Waals surface area contributed by atoms with Crippen molar-refractivity contribution in [1.82, 2.24) is 4.90 Å². The minimum atomic E-state index is 0.756. The molecule has 0 aromatic heterocycles. The maximum absolute atomic E-state index is 10.3. The maximum Gasteiger partial charge on any atom is 0.213 e. The number of carbonyl (C=O) groups is 1. The van der Waals surface area contributed by atoms with E-state index in [1.165, 1.54) is 4.90 Å². The van der Waals surface area contributed by atoms with E-state index in [0.29, 0.717) is 0 Å². The van der Waals surface area contributed by atoms with Crippen molar-refractivity contribution in [2.75, 3.05) is 7.05 Å². The van der Waals surface area contributed by atoms with Crippen molar-refractivity contribution in [2.24, 2.45) is 0 Å². The highest BCUT2D eigenvalue weighted by molar-refractivity contribution is 5.54. The van der Waals surface area contributed by atoms with Crippen LogP contribution in [-0.2, 0) is 4.79 Å². The maximum atomic E-state index is 10.3. The Labute approximate surface area is 71.4 Å². The van der Waals surface area contributed by atoms with Gasteiger partial charge < -0.3 is 4.90 Å². The first-order chi connectivity index (χ1) is 5.74. The molecule has 0 aliphatic heterocycles. The van der Waals surface area contributed by atoms with Crippen LogP contribution in [0.3, 0.4) is 0 Å². The quantitative estimate of drug-likeness (QED) is 0.556. The number of hydrogen-bond acceptors (Lipinski definition) is 1. The molecular weight excluding hydrogens is 150 g/mol. The Kier molecular flexibility index (Phi) is 2.64. The van der Waals surface area contributed by atoms with E-state index in [2.05, 4.69) is 6.58 Å². The Morgan fingerprint density at radius 3 is 2.67 bits per heavy atom. The number of rotatable bonds is 2. The molecule has 0 saturated carbocycles. The summed E-state index contributed by atoms with van der Waals surface area (Å²) in [5.74, 6) is 0. The molecule has 0 N–H and O–H groups in total. The van der Waals surface area contributed by atoms with Crippen LogP contribution in [0.15, 0.2) is 24.3 Å². The summed E-state index contributed by atoms with van der Waals surface area (Å²) in [5.41, 5.74) is 0. The zero-order valence-electron chi connectivity index (χ0n) is 7.03. The van der Waals surface area contributed by atoms with E-state index in [0.717, 1.165) is 16.8 Å². The fourth-order valence-corrected chi connectivity index (χ4v) is 0.910. The molecule has 12 heavy (non-hydrogen) atoms. The fourth-order valence-electron chi connectivity index (χ4n) is 0.910. The molecule has 0 atom stereocenters. The zero-order valence-corrected chi connectivity index (χ0v) is 7.03. The molecule has 2 heteroatoms. The summed E-state index contributed by atoms with van der Waals surface area (Å²) < 4.78 is 0. The molecule has 0 heterocycles. The molecule has 2 nitrogen and oxygen atoms in total.